The predicted octanol–water partition coefficient (Wildman–Crippen LogP) is 0.865. The van der Waals surface area contributed by atoms with Crippen molar-refractivity contribution in [2.75, 3.05) is 6.61 Å². The highest BCUT2D eigenvalue weighted by molar-refractivity contribution is 5.96. The van der Waals surface area contributed by atoms with Gasteiger partial charge in [-0.25, -0.2) is 0 Å². The predicted molar refractivity (Wildman–Crippen MR) is 49.8 cm³/mol. The van der Waals surface area contributed by atoms with Crippen LogP contribution in [0.2, 0.25) is 0 Å². The molecule has 0 aliphatic rings. The Morgan fingerprint density at radius 1 is 1.29 bits per heavy atom. The van der Waals surface area contributed by atoms with Crippen LogP contribution in [-0.2, 0) is 19.1 Å². The number of ketones is 1. The minimum Gasteiger partial charge on any atom is -0.481 e. The Hall–Kier alpha value is -1.39. The standard InChI is InChI=1S/C5H8O3.C4H8O2/c1-3(4(2)6)5(7)8;1-3-6-4(2)5/h3H,1-2H3,(H,7,8);3H2,1-2H3. The van der Waals surface area contributed by atoms with Gasteiger partial charge in [-0.15, -0.1) is 0 Å². The van der Waals surface area contributed by atoms with Crippen molar-refractivity contribution in [1.29, 1.82) is 0 Å². The normalized spacial score (nSPS) is 10.6. The van der Waals surface area contributed by atoms with Gasteiger partial charge < -0.3 is 9.84 Å². The van der Waals surface area contributed by atoms with E-state index in [1.807, 2.05) is 0 Å². The average molecular weight is 204 g/mol. The number of hydrogen-bond donors (Lipinski definition) is 1. The number of carbonyl (C=O) groups is 3. The van der Waals surface area contributed by atoms with Crippen LogP contribution in [0.4, 0.5) is 0 Å². The largest absolute Gasteiger partial charge is 0.481 e. The van der Waals surface area contributed by atoms with Crippen LogP contribution in [0.5, 0.6) is 0 Å². The van der Waals surface area contributed by atoms with E-state index in [2.05, 4.69) is 4.74 Å². The maximum atomic E-state index is 10.2. The molecule has 1 atom stereocenters. The van der Waals surface area contributed by atoms with E-state index in [0.717, 1.165) is 0 Å². The van der Waals surface area contributed by atoms with Crippen molar-refractivity contribution < 1.29 is 24.2 Å². The third-order valence-electron chi connectivity index (χ3n) is 1.33. The molecule has 1 N–H and O–H groups in total. The smallest absolute Gasteiger partial charge is 0.313 e. The molecule has 0 fully saturated rings. The summed E-state index contributed by atoms with van der Waals surface area (Å²) >= 11 is 0. The van der Waals surface area contributed by atoms with Crippen molar-refractivity contribution >= 4 is 17.7 Å². The third kappa shape index (κ3) is 10.6. The fraction of sp³-hybridized carbons (Fsp3) is 0.667. The van der Waals surface area contributed by atoms with Gasteiger partial charge in [0.1, 0.15) is 11.7 Å². The number of esters is 1. The summed E-state index contributed by atoms with van der Waals surface area (Å²) in [5, 5.41) is 8.13. The summed E-state index contributed by atoms with van der Waals surface area (Å²) in [6, 6.07) is 0. The number of rotatable bonds is 3. The molecule has 0 amide bonds. The van der Waals surface area contributed by atoms with Crippen LogP contribution in [0.1, 0.15) is 27.7 Å². The number of ether oxygens (including phenoxy) is 1. The summed E-state index contributed by atoms with van der Waals surface area (Å²) in [6.07, 6.45) is 0. The topological polar surface area (TPSA) is 80.7 Å². The lowest BCUT2D eigenvalue weighted by Gasteiger charge is -1.96. The van der Waals surface area contributed by atoms with Crippen LogP contribution in [0.25, 0.3) is 0 Å². The van der Waals surface area contributed by atoms with E-state index in [4.69, 9.17) is 5.11 Å². The van der Waals surface area contributed by atoms with Gasteiger partial charge in [0.25, 0.3) is 0 Å². The summed E-state index contributed by atoms with van der Waals surface area (Å²) in [4.78, 5) is 29.9. The molecule has 0 aliphatic carbocycles. The minimum absolute atomic E-state index is 0.211. The lowest BCUT2D eigenvalue weighted by Crippen LogP contribution is -2.16. The Labute approximate surface area is 83.1 Å². The Morgan fingerprint density at radius 3 is 1.71 bits per heavy atom. The summed E-state index contributed by atoms with van der Waals surface area (Å²) in [6.45, 7) is 6.28. The van der Waals surface area contributed by atoms with Crippen LogP contribution < -0.4 is 0 Å². The minimum atomic E-state index is -1.06. The second-order valence-electron chi connectivity index (χ2n) is 2.60. The van der Waals surface area contributed by atoms with Crippen molar-refractivity contribution in [1.82, 2.24) is 0 Å². The number of carboxylic acids is 1. The quantitative estimate of drug-likeness (QED) is 0.544. The van der Waals surface area contributed by atoms with E-state index in [-0.39, 0.29) is 11.8 Å². The number of aliphatic carboxylic acids is 1. The van der Waals surface area contributed by atoms with Crippen molar-refractivity contribution in [3.8, 4) is 0 Å². The van der Waals surface area contributed by atoms with E-state index in [1.54, 1.807) is 6.92 Å². The van der Waals surface area contributed by atoms with Gasteiger partial charge in [-0.2, -0.15) is 0 Å². The van der Waals surface area contributed by atoms with Gasteiger partial charge in [-0.3, -0.25) is 14.4 Å². The Morgan fingerprint density at radius 2 is 1.71 bits per heavy atom. The molecule has 0 radical (unpaired) electrons. The van der Waals surface area contributed by atoms with E-state index < -0.39 is 11.9 Å². The monoisotopic (exact) mass is 204 g/mol. The first-order valence-electron chi connectivity index (χ1n) is 4.19. The average Bonchev–Trinajstić information content (AvgIpc) is 2.03. The zero-order valence-electron chi connectivity index (χ0n) is 8.86. The van der Waals surface area contributed by atoms with E-state index in [9.17, 15) is 14.4 Å². The number of Topliss-reactive ketones (excluding diaryl/α,β-unsaturated/α-hetero) is 1. The fourth-order valence-electron chi connectivity index (χ4n) is 0.377. The zero-order chi connectivity index (χ0) is 11.7. The molecular weight excluding hydrogens is 188 g/mol. The van der Waals surface area contributed by atoms with Crippen molar-refractivity contribution in [3.63, 3.8) is 0 Å². The van der Waals surface area contributed by atoms with Gasteiger partial charge >= 0.3 is 11.9 Å². The van der Waals surface area contributed by atoms with Crippen LogP contribution >= 0.6 is 0 Å². The Kier molecular flexibility index (Phi) is 8.86. The number of carboxylic acid groups (broad SMARTS) is 1. The molecule has 82 valence electrons. The summed E-state index contributed by atoms with van der Waals surface area (Å²) < 4.78 is 4.40. The molecule has 0 aromatic rings. The van der Waals surface area contributed by atoms with Crippen molar-refractivity contribution in [2.24, 2.45) is 5.92 Å². The Balaban J connectivity index is 0. The molecule has 0 aromatic heterocycles. The maximum absolute atomic E-state index is 10.2. The lowest BCUT2D eigenvalue weighted by molar-refractivity contribution is -0.145. The highest BCUT2D eigenvalue weighted by atomic mass is 16.5. The summed E-state index contributed by atoms with van der Waals surface area (Å²) in [7, 11) is 0. The van der Waals surface area contributed by atoms with Gasteiger partial charge in [0, 0.05) is 6.92 Å². The van der Waals surface area contributed by atoms with E-state index in [0.29, 0.717) is 6.61 Å². The molecule has 0 heterocycles. The third-order valence-corrected chi connectivity index (χ3v) is 1.33. The molecule has 0 saturated heterocycles. The first-order valence-corrected chi connectivity index (χ1v) is 4.19. The highest BCUT2D eigenvalue weighted by Gasteiger charge is 2.14. The van der Waals surface area contributed by atoms with Gasteiger partial charge in [0.2, 0.25) is 0 Å². The molecule has 0 aliphatic heterocycles. The maximum Gasteiger partial charge on any atom is 0.313 e. The Bertz CT molecular complexity index is 195. The van der Waals surface area contributed by atoms with E-state index in [1.165, 1.54) is 20.8 Å². The van der Waals surface area contributed by atoms with Gasteiger partial charge in [0.05, 0.1) is 6.61 Å². The van der Waals surface area contributed by atoms with Gasteiger partial charge in [-0.05, 0) is 20.8 Å². The van der Waals surface area contributed by atoms with Gasteiger partial charge in [-0.1, -0.05) is 0 Å². The fourth-order valence-corrected chi connectivity index (χ4v) is 0.377. The van der Waals surface area contributed by atoms with E-state index >= 15 is 0 Å². The van der Waals surface area contributed by atoms with Crippen LogP contribution in [0.15, 0.2) is 0 Å². The molecule has 0 spiro atoms. The molecule has 14 heavy (non-hydrogen) atoms. The molecule has 0 bridgehead atoms. The first-order chi connectivity index (χ1) is 6.32. The summed E-state index contributed by atoms with van der Waals surface area (Å²) in [5.41, 5.74) is 0. The van der Waals surface area contributed by atoms with Crippen LogP contribution in [-0.4, -0.2) is 29.4 Å². The second kappa shape index (κ2) is 8.22. The zero-order valence-corrected chi connectivity index (χ0v) is 8.86. The van der Waals surface area contributed by atoms with Gasteiger partial charge in [0.15, 0.2) is 0 Å². The van der Waals surface area contributed by atoms with Crippen molar-refractivity contribution in [2.45, 2.75) is 27.7 Å². The SMILES string of the molecule is CC(=O)C(C)C(=O)O.CCOC(C)=O. The van der Waals surface area contributed by atoms with Crippen LogP contribution in [0.3, 0.4) is 0 Å². The van der Waals surface area contributed by atoms with Crippen LogP contribution in [0, 0.1) is 5.92 Å². The molecule has 5 nitrogen and oxygen atoms in total. The number of carbonyl (C=O) groups excluding carboxylic acids is 2. The molecule has 5 heteroatoms. The number of hydrogen-bond acceptors (Lipinski definition) is 4. The lowest BCUT2D eigenvalue weighted by atomic mass is 10.1. The molecule has 1 unspecified atom stereocenters. The molecule has 0 aromatic carbocycles. The first kappa shape index (κ1) is 15.1. The molecule has 0 rings (SSSR count). The molecular formula is C9H16O5. The second-order valence-corrected chi connectivity index (χ2v) is 2.60. The van der Waals surface area contributed by atoms with Crippen molar-refractivity contribution in [3.05, 3.63) is 0 Å². The highest BCUT2D eigenvalue weighted by Crippen LogP contribution is 1.93. The molecule has 0 saturated carbocycles. The summed E-state index contributed by atoms with van der Waals surface area (Å²) in [5.74, 6) is -2.43.